The molecule has 4 aliphatic heterocycles. The summed E-state index contributed by atoms with van der Waals surface area (Å²) in [5, 5.41) is 149. The van der Waals surface area contributed by atoms with Gasteiger partial charge in [0.1, 0.15) is 99.7 Å². The quantitative estimate of drug-likeness (QED) is 0.0409. The van der Waals surface area contributed by atoms with Crippen molar-refractivity contribution in [2.24, 2.45) is 0 Å². The molecule has 14 N–H and O–H groups in total. The van der Waals surface area contributed by atoms with Crippen LogP contribution >= 0.6 is 0 Å². The van der Waals surface area contributed by atoms with Gasteiger partial charge in [0, 0.05) is 12.2 Å². The maximum absolute atomic E-state index is 13.2. The van der Waals surface area contributed by atoms with E-state index in [4.69, 9.17) is 52.1 Å². The number of aliphatic hydroxyl groups excluding tert-OH is 12. The molecule has 71 heavy (non-hydrogen) atoms. The maximum Gasteiger partial charge on any atom is 0.331 e. The Morgan fingerprint density at radius 3 is 1.59 bits per heavy atom. The summed E-state index contributed by atoms with van der Waals surface area (Å²) in [5.74, 6) is -10.6. The number of rotatable bonds is 21. The molecule has 0 aliphatic carbocycles. The lowest BCUT2D eigenvalue weighted by Gasteiger charge is -2.45. The number of aliphatic hydroxyl groups is 12. The Labute approximate surface area is 402 Å². The van der Waals surface area contributed by atoms with Gasteiger partial charge in [0.05, 0.1) is 34.0 Å². The van der Waals surface area contributed by atoms with E-state index in [0.717, 1.165) is 12.2 Å². The predicted molar refractivity (Wildman–Crippen MR) is 229 cm³/mol. The van der Waals surface area contributed by atoms with Crippen LogP contribution in [0.2, 0.25) is 0 Å². The van der Waals surface area contributed by atoms with E-state index in [1.807, 2.05) is 0 Å². The van der Waals surface area contributed by atoms with E-state index >= 15 is 0 Å². The minimum Gasteiger partial charge on any atom is -0.504 e. The van der Waals surface area contributed by atoms with E-state index in [2.05, 4.69) is 0 Å². The van der Waals surface area contributed by atoms with E-state index < -0.39 is 161 Å². The van der Waals surface area contributed by atoms with Gasteiger partial charge < -0.3 is 124 Å². The first-order chi connectivity index (χ1) is 33.7. The molecular formula is C44H58O27. The number of carbonyl (C=O) groups excluding carboxylic acids is 2. The number of hydrogen-bond acceptors (Lipinski definition) is 27. The molecule has 4 fully saturated rings. The van der Waals surface area contributed by atoms with Crippen LogP contribution in [0.1, 0.15) is 11.1 Å². The molecule has 6 rings (SSSR count). The molecule has 4 saturated heterocycles. The van der Waals surface area contributed by atoms with Gasteiger partial charge in [-0.05, 0) is 47.5 Å². The molecule has 27 heteroatoms. The maximum atomic E-state index is 13.2. The summed E-state index contributed by atoms with van der Waals surface area (Å²) >= 11 is 0. The molecule has 27 nitrogen and oxygen atoms in total. The van der Waals surface area contributed by atoms with Gasteiger partial charge in [-0.2, -0.15) is 0 Å². The molecular weight excluding hydrogens is 960 g/mol. The van der Waals surface area contributed by atoms with Gasteiger partial charge in [-0.3, -0.25) is 0 Å². The fraction of sp³-hybridized carbons (Fsp3) is 0.591. The van der Waals surface area contributed by atoms with Crippen LogP contribution in [0.5, 0.6) is 23.0 Å². The van der Waals surface area contributed by atoms with Crippen molar-refractivity contribution in [1.82, 2.24) is 0 Å². The number of phenols is 2. The van der Waals surface area contributed by atoms with Crippen molar-refractivity contribution in [3.8, 4) is 23.0 Å². The first-order valence-corrected chi connectivity index (χ1v) is 21.8. The first kappa shape index (κ1) is 55.6. The summed E-state index contributed by atoms with van der Waals surface area (Å²) in [6, 6.07) is 8.26. The molecule has 0 radical (unpaired) electrons. The fourth-order valence-corrected chi connectivity index (χ4v) is 8.08. The fourth-order valence-electron chi connectivity index (χ4n) is 8.08. The number of hydrogen-bond donors (Lipinski definition) is 14. The van der Waals surface area contributed by atoms with Gasteiger partial charge in [-0.1, -0.05) is 12.1 Å². The molecule has 0 spiro atoms. The molecule has 2 aromatic carbocycles. The third kappa shape index (κ3) is 11.7. The zero-order valence-corrected chi connectivity index (χ0v) is 37.9. The van der Waals surface area contributed by atoms with Crippen molar-refractivity contribution in [2.75, 3.05) is 60.5 Å². The van der Waals surface area contributed by atoms with Gasteiger partial charge in [0.15, 0.2) is 35.4 Å². The van der Waals surface area contributed by atoms with E-state index in [0.29, 0.717) is 11.1 Å². The third-order valence-corrected chi connectivity index (χ3v) is 12.1. The number of phenolic OH excluding ortho intramolecular Hbond substituents is 2. The van der Waals surface area contributed by atoms with E-state index in [9.17, 15) is 81.1 Å². The summed E-state index contributed by atoms with van der Waals surface area (Å²) < 4.78 is 61.3. The zero-order valence-electron chi connectivity index (χ0n) is 37.9. The van der Waals surface area contributed by atoms with Crippen LogP contribution in [0.3, 0.4) is 0 Å². The Morgan fingerprint density at radius 2 is 1.07 bits per heavy atom. The van der Waals surface area contributed by atoms with Crippen molar-refractivity contribution in [3.05, 3.63) is 59.7 Å². The Balaban J connectivity index is 1.23. The second-order valence-electron chi connectivity index (χ2n) is 16.7. The number of aromatic hydroxyl groups is 2. The van der Waals surface area contributed by atoms with Crippen LogP contribution < -0.4 is 9.47 Å². The minimum absolute atomic E-state index is 0.0678. The van der Waals surface area contributed by atoms with Gasteiger partial charge >= 0.3 is 11.9 Å². The van der Waals surface area contributed by atoms with E-state index in [-0.39, 0.29) is 23.0 Å². The van der Waals surface area contributed by atoms with E-state index in [1.165, 1.54) is 62.8 Å². The number of benzene rings is 2. The zero-order chi connectivity index (χ0) is 52.0. The second kappa shape index (κ2) is 23.4. The van der Waals surface area contributed by atoms with Crippen molar-refractivity contribution in [2.45, 2.75) is 103 Å². The lowest BCUT2D eigenvalue weighted by Crippen LogP contribution is -2.64. The molecule has 4 heterocycles. The van der Waals surface area contributed by atoms with E-state index in [1.54, 1.807) is 0 Å². The Morgan fingerprint density at radius 1 is 0.592 bits per heavy atom. The Hall–Kier alpha value is -4.70. The Bertz CT molecular complexity index is 2180. The summed E-state index contributed by atoms with van der Waals surface area (Å²) in [4.78, 5) is 25.8. The normalized spacial score (nSPS) is 37.2. The summed E-state index contributed by atoms with van der Waals surface area (Å²) in [6.07, 6.45) is -23.2. The van der Waals surface area contributed by atoms with Gasteiger partial charge in [-0.25, -0.2) is 9.59 Å². The van der Waals surface area contributed by atoms with Crippen molar-refractivity contribution in [1.29, 1.82) is 0 Å². The SMILES string of the molecule is COc1cc(/C=C/C(=O)OC[C@H]2O[C@H](O[C@]3(CO[C@]4(CO[C@]5(CO)O[C@H](CO)[C@@H](O)[C@@H]5OC(=O)/C=C/c5ccc(O)c(OC)c5)O[C@H](CO)[C@@H](O)[C@@H]4O)O[C@H](CO)[C@@H](O)[C@@H]3O)[C@H](O)[C@@H](O)[C@@H]2O)ccc1O. The highest BCUT2D eigenvalue weighted by Crippen LogP contribution is 2.43. The average Bonchev–Trinajstić information content (AvgIpc) is 3.89. The van der Waals surface area contributed by atoms with Gasteiger partial charge in [-0.15, -0.1) is 0 Å². The van der Waals surface area contributed by atoms with Gasteiger partial charge in [0.2, 0.25) is 17.4 Å². The molecule has 0 saturated carbocycles. The van der Waals surface area contributed by atoms with Crippen LogP contribution in [0.15, 0.2) is 48.6 Å². The number of methoxy groups -OCH3 is 2. The average molecular weight is 1020 g/mol. The molecule has 0 amide bonds. The van der Waals surface area contributed by atoms with Crippen molar-refractivity contribution in [3.63, 3.8) is 0 Å². The number of carbonyl (C=O) groups is 2. The number of ether oxygens (including phenoxy) is 11. The second-order valence-corrected chi connectivity index (χ2v) is 16.7. The summed E-state index contributed by atoms with van der Waals surface area (Å²) in [7, 11) is 2.61. The molecule has 0 bridgehead atoms. The molecule has 0 unspecified atom stereocenters. The summed E-state index contributed by atoms with van der Waals surface area (Å²) in [6.45, 7) is -7.50. The summed E-state index contributed by atoms with van der Waals surface area (Å²) in [5.41, 5.74) is 0.751. The molecule has 0 aromatic heterocycles. The van der Waals surface area contributed by atoms with Gasteiger partial charge in [0.25, 0.3) is 0 Å². The smallest absolute Gasteiger partial charge is 0.331 e. The molecule has 4 aliphatic rings. The highest BCUT2D eigenvalue weighted by atomic mass is 16.8. The Kier molecular flexibility index (Phi) is 18.4. The van der Waals surface area contributed by atoms with Crippen LogP contribution in [0, 0.1) is 0 Å². The van der Waals surface area contributed by atoms with Crippen molar-refractivity contribution < 1.29 is 133 Å². The molecule has 17 atom stereocenters. The third-order valence-electron chi connectivity index (χ3n) is 12.1. The monoisotopic (exact) mass is 1020 g/mol. The number of esters is 2. The predicted octanol–water partition coefficient (Wildman–Crippen LogP) is -5.79. The van der Waals surface area contributed by atoms with Crippen LogP contribution in [-0.2, 0) is 52.2 Å². The van der Waals surface area contributed by atoms with Crippen LogP contribution in [-0.4, -0.2) is 247 Å². The highest BCUT2D eigenvalue weighted by Gasteiger charge is 2.64. The molecule has 396 valence electrons. The highest BCUT2D eigenvalue weighted by molar-refractivity contribution is 5.88. The van der Waals surface area contributed by atoms with Crippen molar-refractivity contribution >= 4 is 24.1 Å². The topological polar surface area (TPSA) is 419 Å². The lowest BCUT2D eigenvalue weighted by atomic mass is 9.98. The van der Waals surface area contributed by atoms with Crippen LogP contribution in [0.4, 0.5) is 0 Å². The first-order valence-electron chi connectivity index (χ1n) is 21.8. The largest absolute Gasteiger partial charge is 0.504 e. The standard InChI is InChI=1S/C44H58O27/c1-61-24-11-20(3-7-22(24)49)5-9-30(51)63-16-29-32(53)36(57)37(58)41(66-29)71-44(39(60)34(55)27(14-46)70-44)19-65-43(38(59)33(54)26(13-45)69-43)18-64-42(17-48)40(35(56)28(15-47)68-42)67-31(52)10-6-21-4-8-23(50)25(12-21)62-2/h3-12,26-29,32-41,45-50,53-60H,13-19H2,1-2H3/b9-5+,10-6+/t26-,27-,28-,29-,32-,33-,34-,35-,36+,37-,38+,39+,40+,41-,42-,43-,44+/m1/s1. The minimum atomic E-state index is -2.85. The lowest BCUT2D eigenvalue weighted by molar-refractivity contribution is -0.404. The van der Waals surface area contributed by atoms with Crippen LogP contribution in [0.25, 0.3) is 12.2 Å². The molecule has 2 aromatic rings.